The Kier molecular flexibility index (Phi) is 3.22. The van der Waals surface area contributed by atoms with E-state index in [4.69, 9.17) is 18.0 Å². The first-order valence-corrected chi connectivity index (χ1v) is 6.62. The Balaban J connectivity index is 2.09. The normalized spacial score (nSPS) is 10.9. The van der Waals surface area contributed by atoms with Crippen LogP contribution in [-0.2, 0) is 13.6 Å². The molecule has 0 aliphatic rings. The van der Waals surface area contributed by atoms with Crippen molar-refractivity contribution in [3.05, 3.63) is 51.9 Å². The predicted octanol–water partition coefficient (Wildman–Crippen LogP) is 0.207. The van der Waals surface area contributed by atoms with Crippen molar-refractivity contribution in [1.29, 1.82) is 0 Å². The molecule has 7 nitrogen and oxygen atoms in total. The van der Waals surface area contributed by atoms with Gasteiger partial charge >= 0.3 is 0 Å². The van der Waals surface area contributed by atoms with Crippen molar-refractivity contribution in [2.45, 2.75) is 6.54 Å². The number of hydrogen-bond acceptors (Lipinski definition) is 5. The van der Waals surface area contributed by atoms with E-state index in [9.17, 15) is 4.79 Å². The molecule has 0 atom stereocenters. The number of fused-ring (bicyclic) bond motifs is 1. The smallest absolute Gasteiger partial charge is 0.281 e. The first kappa shape index (κ1) is 13.4. The summed E-state index contributed by atoms with van der Waals surface area (Å²) >= 11 is 5.02. The summed E-state index contributed by atoms with van der Waals surface area (Å²) in [5, 5.41) is 12.4. The minimum atomic E-state index is -0.245. The molecular weight excluding hydrogens is 288 g/mol. The molecule has 2 aromatic heterocycles. The highest BCUT2D eigenvalue weighted by Gasteiger charge is 2.11. The van der Waals surface area contributed by atoms with E-state index < -0.39 is 0 Å². The lowest BCUT2D eigenvalue weighted by atomic mass is 10.1. The summed E-state index contributed by atoms with van der Waals surface area (Å²) in [7, 11) is 1.71. The molecule has 2 heterocycles. The van der Waals surface area contributed by atoms with Crippen LogP contribution in [0.4, 0.5) is 0 Å². The Morgan fingerprint density at radius 1 is 1.38 bits per heavy atom. The van der Waals surface area contributed by atoms with Gasteiger partial charge in [-0.05, 0) is 5.56 Å². The highest BCUT2D eigenvalue weighted by atomic mass is 32.1. The van der Waals surface area contributed by atoms with Gasteiger partial charge in [0.1, 0.15) is 10.4 Å². The van der Waals surface area contributed by atoms with Crippen LogP contribution in [0.15, 0.2) is 35.3 Å². The zero-order valence-electron chi connectivity index (χ0n) is 11.2. The van der Waals surface area contributed by atoms with Crippen LogP contribution in [0.1, 0.15) is 11.1 Å². The molecule has 8 heteroatoms. The Labute approximate surface area is 125 Å². The van der Waals surface area contributed by atoms with Crippen LogP contribution in [-0.4, -0.2) is 29.8 Å². The largest absolute Gasteiger partial charge is 0.389 e. The SMILES string of the molecule is Cn1ncc2c(=O)n(Cc3ccccc3C(N)=S)nnc21. The quantitative estimate of drug-likeness (QED) is 0.695. The van der Waals surface area contributed by atoms with Gasteiger partial charge in [-0.25, -0.2) is 9.36 Å². The fourth-order valence-electron chi connectivity index (χ4n) is 2.14. The molecule has 0 amide bonds. The van der Waals surface area contributed by atoms with Crippen molar-refractivity contribution in [3.63, 3.8) is 0 Å². The van der Waals surface area contributed by atoms with Gasteiger partial charge in [-0.2, -0.15) is 5.10 Å². The molecule has 0 aliphatic heterocycles. The summed E-state index contributed by atoms with van der Waals surface area (Å²) in [5.41, 5.74) is 7.46. The molecule has 3 rings (SSSR count). The van der Waals surface area contributed by atoms with Crippen LogP contribution in [0.5, 0.6) is 0 Å². The highest BCUT2D eigenvalue weighted by molar-refractivity contribution is 7.80. The topological polar surface area (TPSA) is 91.6 Å². The molecule has 0 saturated heterocycles. The van der Waals surface area contributed by atoms with Gasteiger partial charge < -0.3 is 5.73 Å². The van der Waals surface area contributed by atoms with Gasteiger partial charge in [0.25, 0.3) is 5.56 Å². The number of thiocarbonyl (C=S) groups is 1. The van der Waals surface area contributed by atoms with Crippen LogP contribution in [0, 0.1) is 0 Å². The molecule has 0 radical (unpaired) electrons. The maximum Gasteiger partial charge on any atom is 0.281 e. The molecule has 3 aromatic rings. The minimum absolute atomic E-state index is 0.245. The number of nitrogens with zero attached hydrogens (tertiary/aromatic N) is 5. The number of hydrogen-bond donors (Lipinski definition) is 1. The monoisotopic (exact) mass is 300 g/mol. The summed E-state index contributed by atoms with van der Waals surface area (Å²) in [4.78, 5) is 12.7. The molecule has 106 valence electrons. The lowest BCUT2D eigenvalue weighted by Crippen LogP contribution is -2.26. The van der Waals surface area contributed by atoms with E-state index in [0.29, 0.717) is 11.0 Å². The number of aromatic nitrogens is 5. The average Bonchev–Trinajstić information content (AvgIpc) is 2.84. The third-order valence-electron chi connectivity index (χ3n) is 3.22. The van der Waals surface area contributed by atoms with Crippen LogP contribution in [0.3, 0.4) is 0 Å². The van der Waals surface area contributed by atoms with Gasteiger partial charge in [0.15, 0.2) is 5.65 Å². The number of benzene rings is 1. The predicted molar refractivity (Wildman–Crippen MR) is 82.0 cm³/mol. The molecule has 0 bridgehead atoms. The Hall–Kier alpha value is -2.61. The molecule has 21 heavy (non-hydrogen) atoms. The van der Waals surface area contributed by atoms with E-state index in [-0.39, 0.29) is 17.1 Å². The average molecular weight is 300 g/mol. The number of rotatable bonds is 3. The summed E-state index contributed by atoms with van der Waals surface area (Å²) in [6, 6.07) is 7.38. The van der Waals surface area contributed by atoms with Gasteiger partial charge in [0.2, 0.25) is 0 Å². The summed E-state index contributed by atoms with van der Waals surface area (Å²) in [6.07, 6.45) is 1.49. The van der Waals surface area contributed by atoms with E-state index >= 15 is 0 Å². The second kappa shape index (κ2) is 5.06. The summed E-state index contributed by atoms with van der Waals surface area (Å²) in [6.45, 7) is 0.254. The molecular formula is C13H12N6OS. The Bertz CT molecular complexity index is 897. The van der Waals surface area contributed by atoms with Gasteiger partial charge in [0.05, 0.1) is 12.7 Å². The fourth-order valence-corrected chi connectivity index (χ4v) is 2.34. The van der Waals surface area contributed by atoms with Crippen molar-refractivity contribution in [1.82, 2.24) is 24.8 Å². The summed E-state index contributed by atoms with van der Waals surface area (Å²) < 4.78 is 2.79. The van der Waals surface area contributed by atoms with Gasteiger partial charge in [-0.1, -0.05) is 41.7 Å². The van der Waals surface area contributed by atoms with E-state index in [1.807, 2.05) is 24.3 Å². The second-order valence-electron chi connectivity index (χ2n) is 4.58. The molecule has 0 unspecified atom stereocenters. The van der Waals surface area contributed by atoms with Gasteiger partial charge in [0, 0.05) is 12.6 Å². The molecule has 1 aromatic carbocycles. The molecule has 2 N–H and O–H groups in total. The lowest BCUT2D eigenvalue weighted by Gasteiger charge is -2.08. The van der Waals surface area contributed by atoms with Crippen LogP contribution < -0.4 is 11.3 Å². The number of aryl methyl sites for hydroxylation is 1. The fraction of sp³-hybridized carbons (Fsp3) is 0.154. The maximum atomic E-state index is 12.4. The number of nitrogens with two attached hydrogens (primary N) is 1. The van der Waals surface area contributed by atoms with E-state index in [0.717, 1.165) is 11.1 Å². The Morgan fingerprint density at radius 2 is 2.14 bits per heavy atom. The van der Waals surface area contributed by atoms with Crippen LogP contribution >= 0.6 is 12.2 Å². The first-order valence-electron chi connectivity index (χ1n) is 6.21. The lowest BCUT2D eigenvalue weighted by molar-refractivity contribution is 0.595. The Morgan fingerprint density at radius 3 is 2.90 bits per heavy atom. The third-order valence-corrected chi connectivity index (χ3v) is 3.44. The zero-order valence-corrected chi connectivity index (χ0v) is 12.0. The maximum absolute atomic E-state index is 12.4. The van der Waals surface area contributed by atoms with Crippen molar-refractivity contribution in [2.75, 3.05) is 0 Å². The van der Waals surface area contributed by atoms with Crippen molar-refractivity contribution < 1.29 is 0 Å². The molecule has 0 saturated carbocycles. The van der Waals surface area contributed by atoms with E-state index in [1.165, 1.54) is 15.6 Å². The van der Waals surface area contributed by atoms with Crippen molar-refractivity contribution >= 4 is 28.2 Å². The minimum Gasteiger partial charge on any atom is -0.389 e. The van der Waals surface area contributed by atoms with Crippen LogP contribution in [0.2, 0.25) is 0 Å². The zero-order chi connectivity index (χ0) is 15.0. The summed E-state index contributed by atoms with van der Waals surface area (Å²) in [5.74, 6) is 0. The van der Waals surface area contributed by atoms with Crippen molar-refractivity contribution in [3.8, 4) is 0 Å². The van der Waals surface area contributed by atoms with Crippen molar-refractivity contribution in [2.24, 2.45) is 12.8 Å². The van der Waals surface area contributed by atoms with Gasteiger partial charge in [-0.15, -0.1) is 5.10 Å². The van der Waals surface area contributed by atoms with E-state index in [1.54, 1.807) is 7.05 Å². The standard InChI is InChI=1S/C13H12N6OS/c1-18-12-10(6-15-18)13(20)19(17-16-12)7-8-4-2-3-5-9(8)11(14)21/h2-6H,7H2,1H3,(H2,14,21). The van der Waals surface area contributed by atoms with Gasteiger partial charge in [-0.3, -0.25) is 4.79 Å². The van der Waals surface area contributed by atoms with Crippen LogP contribution in [0.25, 0.3) is 11.0 Å². The molecule has 0 aliphatic carbocycles. The third kappa shape index (κ3) is 2.29. The molecule has 0 spiro atoms. The second-order valence-corrected chi connectivity index (χ2v) is 5.02. The molecule has 0 fully saturated rings. The first-order chi connectivity index (χ1) is 10.1. The van der Waals surface area contributed by atoms with E-state index in [2.05, 4.69) is 15.4 Å². The highest BCUT2D eigenvalue weighted by Crippen LogP contribution is 2.10.